The second-order valence-electron chi connectivity index (χ2n) is 6.53. The number of nitrogens with zero attached hydrogens (tertiary/aromatic N) is 3. The first-order valence-electron chi connectivity index (χ1n) is 9.13. The lowest BCUT2D eigenvalue weighted by Crippen LogP contribution is -2.28. The van der Waals surface area contributed by atoms with Crippen LogP contribution in [0.15, 0.2) is 51.7 Å². The van der Waals surface area contributed by atoms with E-state index in [1.54, 1.807) is 13.2 Å². The number of furan rings is 1. The molecule has 0 saturated carbocycles. The van der Waals surface area contributed by atoms with Crippen LogP contribution in [0.1, 0.15) is 16.9 Å². The largest absolute Gasteiger partial charge is 0.448 e. The molecule has 28 heavy (non-hydrogen) atoms. The Balaban J connectivity index is 1.38. The van der Waals surface area contributed by atoms with E-state index in [9.17, 15) is 4.79 Å². The van der Waals surface area contributed by atoms with Gasteiger partial charge in [-0.1, -0.05) is 18.2 Å². The number of benzene rings is 1. The maximum atomic E-state index is 12.7. The predicted molar refractivity (Wildman–Crippen MR) is 110 cm³/mol. The van der Waals surface area contributed by atoms with Crippen LogP contribution in [0.25, 0.3) is 22.0 Å². The van der Waals surface area contributed by atoms with Gasteiger partial charge in [0.25, 0.3) is 5.91 Å². The van der Waals surface area contributed by atoms with Crippen molar-refractivity contribution in [2.45, 2.75) is 19.5 Å². The quantitative estimate of drug-likeness (QED) is 0.419. The number of carbonyl (C=O) groups excluding carboxylic acids is 1. The summed E-state index contributed by atoms with van der Waals surface area (Å²) in [6, 6.07) is 11.7. The molecule has 1 N–H and O–H groups in total. The first-order chi connectivity index (χ1) is 13.7. The molecule has 0 bridgehead atoms. The second-order valence-corrected chi connectivity index (χ2v) is 7.32. The number of aromatic nitrogens is 3. The summed E-state index contributed by atoms with van der Waals surface area (Å²) in [5.41, 5.74) is 3.10. The number of methoxy groups -OCH3 is 1. The van der Waals surface area contributed by atoms with Gasteiger partial charge < -0.3 is 19.0 Å². The number of halogens is 1. The lowest BCUT2D eigenvalue weighted by Gasteiger charge is -2.10. The van der Waals surface area contributed by atoms with Crippen LogP contribution < -0.4 is 5.32 Å². The average molecular weight is 445 g/mol. The summed E-state index contributed by atoms with van der Waals surface area (Å²) in [5, 5.41) is 8.65. The van der Waals surface area contributed by atoms with Gasteiger partial charge in [0.1, 0.15) is 5.69 Å². The van der Waals surface area contributed by atoms with Crippen LogP contribution in [-0.2, 0) is 17.8 Å². The monoisotopic (exact) mass is 444 g/mol. The number of fused-ring (bicyclic) bond motifs is 2. The van der Waals surface area contributed by atoms with Gasteiger partial charge in [0, 0.05) is 50.5 Å². The molecule has 0 unspecified atom stereocenters. The molecule has 0 fully saturated rings. The van der Waals surface area contributed by atoms with Crippen molar-refractivity contribution in [2.75, 3.05) is 20.3 Å². The third kappa shape index (κ3) is 3.83. The molecule has 0 radical (unpaired) electrons. The molecule has 0 spiro atoms. The maximum absolute atomic E-state index is 12.7. The molecule has 3 aromatic heterocycles. The standard InChI is InChI=1S/C20H21BrN4O3/c1-27-10-9-25-16-12-19(21)28-18(16)11-17(25)20(26)22-7-4-8-24-13-14-5-2-3-6-15(14)23-24/h2-3,5-6,11-13H,4,7-10H2,1H3,(H,22,26). The summed E-state index contributed by atoms with van der Waals surface area (Å²) in [6.07, 6.45) is 2.82. The molecule has 0 saturated heterocycles. The summed E-state index contributed by atoms with van der Waals surface area (Å²) < 4.78 is 15.2. The van der Waals surface area contributed by atoms with Crippen molar-refractivity contribution in [2.24, 2.45) is 0 Å². The average Bonchev–Trinajstić information content (AvgIpc) is 3.35. The van der Waals surface area contributed by atoms with Gasteiger partial charge in [-0.3, -0.25) is 9.48 Å². The van der Waals surface area contributed by atoms with E-state index in [1.165, 1.54) is 0 Å². The molecule has 4 aromatic rings. The highest BCUT2D eigenvalue weighted by molar-refractivity contribution is 9.10. The highest BCUT2D eigenvalue weighted by Crippen LogP contribution is 2.27. The van der Waals surface area contributed by atoms with Gasteiger partial charge in [-0.2, -0.15) is 5.10 Å². The number of hydrogen-bond donors (Lipinski definition) is 1. The van der Waals surface area contributed by atoms with Crippen LogP contribution in [0.5, 0.6) is 0 Å². The Hall–Kier alpha value is -2.58. The van der Waals surface area contributed by atoms with E-state index >= 15 is 0 Å². The molecule has 146 valence electrons. The van der Waals surface area contributed by atoms with Crippen LogP contribution in [0.2, 0.25) is 0 Å². The molecular weight excluding hydrogens is 424 g/mol. The lowest BCUT2D eigenvalue weighted by atomic mass is 10.3. The Bertz CT molecular complexity index is 1080. The van der Waals surface area contributed by atoms with Crippen molar-refractivity contribution in [3.05, 3.63) is 53.0 Å². The smallest absolute Gasteiger partial charge is 0.268 e. The van der Waals surface area contributed by atoms with E-state index in [4.69, 9.17) is 9.15 Å². The van der Waals surface area contributed by atoms with Crippen LogP contribution in [0.4, 0.5) is 0 Å². The number of aryl methyl sites for hydroxylation is 1. The summed E-state index contributed by atoms with van der Waals surface area (Å²) in [7, 11) is 1.64. The maximum Gasteiger partial charge on any atom is 0.268 e. The third-order valence-corrected chi connectivity index (χ3v) is 5.01. The van der Waals surface area contributed by atoms with Crippen molar-refractivity contribution in [1.82, 2.24) is 19.7 Å². The number of hydrogen-bond acceptors (Lipinski definition) is 4. The molecule has 0 aliphatic rings. The highest BCUT2D eigenvalue weighted by atomic mass is 79.9. The molecule has 0 aliphatic carbocycles. The summed E-state index contributed by atoms with van der Waals surface area (Å²) >= 11 is 3.33. The van der Waals surface area contributed by atoms with Crippen molar-refractivity contribution in [3.8, 4) is 0 Å². The Morgan fingerprint density at radius 2 is 2.14 bits per heavy atom. The Morgan fingerprint density at radius 3 is 2.96 bits per heavy atom. The third-order valence-electron chi connectivity index (χ3n) is 4.62. The van der Waals surface area contributed by atoms with Crippen LogP contribution in [-0.4, -0.2) is 40.5 Å². The van der Waals surface area contributed by atoms with E-state index in [0.717, 1.165) is 29.4 Å². The normalized spacial score (nSPS) is 11.5. The van der Waals surface area contributed by atoms with Crippen molar-refractivity contribution in [1.29, 1.82) is 0 Å². The van der Waals surface area contributed by atoms with Gasteiger partial charge in [0.05, 0.1) is 17.6 Å². The Labute approximate surface area is 170 Å². The fourth-order valence-corrected chi connectivity index (χ4v) is 3.68. The summed E-state index contributed by atoms with van der Waals surface area (Å²) in [6.45, 7) is 2.40. The topological polar surface area (TPSA) is 74.2 Å². The van der Waals surface area contributed by atoms with Gasteiger partial charge in [0.2, 0.25) is 0 Å². The van der Waals surface area contributed by atoms with E-state index < -0.39 is 0 Å². The molecule has 7 nitrogen and oxygen atoms in total. The minimum atomic E-state index is -0.121. The second kappa shape index (κ2) is 8.20. The van der Waals surface area contributed by atoms with Crippen LogP contribution in [0, 0.1) is 0 Å². The van der Waals surface area contributed by atoms with Gasteiger partial charge in [-0.05, 0) is 28.4 Å². The fourth-order valence-electron chi connectivity index (χ4n) is 3.29. The first kappa shape index (κ1) is 18.8. The number of rotatable bonds is 8. The van der Waals surface area contributed by atoms with Crippen LogP contribution >= 0.6 is 15.9 Å². The zero-order valence-corrected chi connectivity index (χ0v) is 17.1. The van der Waals surface area contributed by atoms with Gasteiger partial charge in [-0.15, -0.1) is 0 Å². The summed E-state index contributed by atoms with van der Waals surface area (Å²) in [5.74, 6) is -0.121. The first-order valence-corrected chi connectivity index (χ1v) is 9.93. The fraction of sp³-hybridized carbons (Fsp3) is 0.300. The minimum Gasteiger partial charge on any atom is -0.448 e. The van der Waals surface area contributed by atoms with Crippen LogP contribution in [0.3, 0.4) is 0 Å². The van der Waals surface area contributed by atoms with E-state index in [2.05, 4.69) is 26.3 Å². The SMILES string of the molecule is COCCn1c(C(=O)NCCCn2cc3ccccc3n2)cc2oc(Br)cc21. The molecular formula is C20H21BrN4O3. The zero-order chi connectivity index (χ0) is 19.5. The number of ether oxygens (including phenoxy) is 1. The summed E-state index contributed by atoms with van der Waals surface area (Å²) in [4.78, 5) is 12.7. The van der Waals surface area contributed by atoms with Crippen molar-refractivity contribution >= 4 is 43.8 Å². The molecule has 0 aliphatic heterocycles. The molecule has 1 amide bonds. The van der Waals surface area contributed by atoms with Crippen molar-refractivity contribution in [3.63, 3.8) is 0 Å². The van der Waals surface area contributed by atoms with Gasteiger partial charge >= 0.3 is 0 Å². The molecule has 3 heterocycles. The molecule has 8 heteroatoms. The molecule has 0 atom stereocenters. The molecule has 4 rings (SSSR count). The van der Waals surface area contributed by atoms with E-state index in [1.807, 2.05) is 45.8 Å². The predicted octanol–water partition coefficient (Wildman–Crippen LogP) is 3.81. The Morgan fingerprint density at radius 1 is 1.29 bits per heavy atom. The highest BCUT2D eigenvalue weighted by Gasteiger charge is 2.18. The van der Waals surface area contributed by atoms with Crippen molar-refractivity contribution < 1.29 is 13.9 Å². The van der Waals surface area contributed by atoms with Gasteiger partial charge in [-0.25, -0.2) is 0 Å². The Kier molecular flexibility index (Phi) is 5.50. The lowest BCUT2D eigenvalue weighted by molar-refractivity contribution is 0.0941. The number of amides is 1. The number of carbonyl (C=O) groups is 1. The zero-order valence-electron chi connectivity index (χ0n) is 15.5. The van der Waals surface area contributed by atoms with E-state index in [0.29, 0.717) is 35.6 Å². The minimum absolute atomic E-state index is 0.121. The number of nitrogens with one attached hydrogen (secondary N) is 1. The van der Waals surface area contributed by atoms with E-state index in [-0.39, 0.29) is 5.91 Å². The molecule has 1 aromatic carbocycles. The van der Waals surface area contributed by atoms with Gasteiger partial charge in [0.15, 0.2) is 10.3 Å².